The molecule has 0 radical (unpaired) electrons. The molecule has 0 spiro atoms. The van der Waals surface area contributed by atoms with Gasteiger partial charge in [0.25, 0.3) is 0 Å². The van der Waals surface area contributed by atoms with Gasteiger partial charge < -0.3 is 15.2 Å². The predicted octanol–water partition coefficient (Wildman–Crippen LogP) is 1.34. The average Bonchev–Trinajstić information content (AvgIpc) is 2.85. The van der Waals surface area contributed by atoms with Crippen LogP contribution in [-0.2, 0) is 6.54 Å². The first-order valence-electron chi connectivity index (χ1n) is 6.88. The molecule has 2 N–H and O–H groups in total. The van der Waals surface area contributed by atoms with E-state index in [-0.39, 0.29) is 0 Å². The van der Waals surface area contributed by atoms with Crippen molar-refractivity contribution in [3.8, 4) is 0 Å². The third-order valence-corrected chi connectivity index (χ3v) is 4.28. The van der Waals surface area contributed by atoms with Crippen LogP contribution in [-0.4, -0.2) is 51.6 Å². The molecule has 5 nitrogen and oxygen atoms in total. The molecule has 1 aliphatic rings. The fourth-order valence-corrected chi connectivity index (χ4v) is 3.02. The molecule has 1 fully saturated rings. The number of unbranched alkanes of at least 4 members (excludes halogenated alkanes) is 1. The zero-order chi connectivity index (χ0) is 13.5. The van der Waals surface area contributed by atoms with E-state index in [1.807, 2.05) is 31.1 Å². The van der Waals surface area contributed by atoms with Gasteiger partial charge in [-0.1, -0.05) is 0 Å². The fourth-order valence-electron chi connectivity index (χ4n) is 2.12. The summed E-state index contributed by atoms with van der Waals surface area (Å²) in [7, 11) is 0. The number of nitrogens with zero attached hydrogens (tertiary/aromatic N) is 4. The Morgan fingerprint density at radius 3 is 2.89 bits per heavy atom. The molecule has 19 heavy (non-hydrogen) atoms. The molecule has 0 amide bonds. The highest BCUT2D eigenvalue weighted by molar-refractivity contribution is 7.99. The van der Waals surface area contributed by atoms with E-state index in [2.05, 4.69) is 19.4 Å². The molecule has 1 aromatic rings. The van der Waals surface area contributed by atoms with Gasteiger partial charge in [0.2, 0.25) is 0 Å². The molecule has 0 unspecified atom stereocenters. The van der Waals surface area contributed by atoms with E-state index in [0.717, 1.165) is 62.3 Å². The first kappa shape index (κ1) is 14.2. The molecule has 0 aliphatic carbocycles. The lowest BCUT2D eigenvalue weighted by Gasteiger charge is -2.27. The van der Waals surface area contributed by atoms with Gasteiger partial charge in [0.05, 0.1) is 0 Å². The number of hydrogen-bond acceptors (Lipinski definition) is 3. The standard InChI is InChI=1S/C13H23N5S/c1-12-15-5-7-17(12)6-3-2-4-16-13(14)18-8-10-19-11-9-18/h5,7H,2-4,6,8-11H2,1H3,(H2,14,16). The highest BCUT2D eigenvalue weighted by Gasteiger charge is 2.11. The molecule has 106 valence electrons. The second kappa shape index (κ2) is 7.43. The van der Waals surface area contributed by atoms with E-state index in [4.69, 9.17) is 5.73 Å². The first-order chi connectivity index (χ1) is 9.27. The van der Waals surface area contributed by atoms with Crippen molar-refractivity contribution >= 4 is 17.7 Å². The topological polar surface area (TPSA) is 59.4 Å². The summed E-state index contributed by atoms with van der Waals surface area (Å²) in [6.07, 6.45) is 6.06. The monoisotopic (exact) mass is 281 g/mol. The van der Waals surface area contributed by atoms with Gasteiger partial charge in [-0.15, -0.1) is 0 Å². The zero-order valence-corrected chi connectivity index (χ0v) is 12.4. The molecular formula is C13H23N5S. The van der Waals surface area contributed by atoms with Crippen LogP contribution in [0.25, 0.3) is 0 Å². The second-order valence-electron chi connectivity index (χ2n) is 4.71. The zero-order valence-electron chi connectivity index (χ0n) is 11.6. The Morgan fingerprint density at radius 2 is 2.21 bits per heavy atom. The Balaban J connectivity index is 1.64. The van der Waals surface area contributed by atoms with Crippen molar-refractivity contribution in [1.29, 1.82) is 0 Å². The number of thioether (sulfide) groups is 1. The van der Waals surface area contributed by atoms with Crippen molar-refractivity contribution in [2.45, 2.75) is 26.3 Å². The van der Waals surface area contributed by atoms with Gasteiger partial charge in [-0.3, -0.25) is 4.99 Å². The number of hydrogen-bond donors (Lipinski definition) is 1. The minimum absolute atomic E-state index is 0.721. The summed E-state index contributed by atoms with van der Waals surface area (Å²) < 4.78 is 2.18. The van der Waals surface area contributed by atoms with Crippen LogP contribution in [0.5, 0.6) is 0 Å². The molecule has 0 saturated carbocycles. The summed E-state index contributed by atoms with van der Waals surface area (Å²) >= 11 is 1.99. The predicted molar refractivity (Wildman–Crippen MR) is 81.6 cm³/mol. The summed E-state index contributed by atoms with van der Waals surface area (Å²) in [6, 6.07) is 0. The lowest BCUT2D eigenvalue weighted by molar-refractivity contribution is 0.455. The summed E-state index contributed by atoms with van der Waals surface area (Å²) in [5.41, 5.74) is 6.00. The number of aryl methyl sites for hydroxylation is 2. The first-order valence-corrected chi connectivity index (χ1v) is 8.03. The van der Waals surface area contributed by atoms with Crippen molar-refractivity contribution in [1.82, 2.24) is 14.5 Å². The molecule has 0 aromatic carbocycles. The molecule has 1 saturated heterocycles. The Morgan fingerprint density at radius 1 is 1.42 bits per heavy atom. The van der Waals surface area contributed by atoms with E-state index in [9.17, 15) is 0 Å². The van der Waals surface area contributed by atoms with Gasteiger partial charge >= 0.3 is 0 Å². The van der Waals surface area contributed by atoms with Crippen molar-refractivity contribution in [2.24, 2.45) is 10.7 Å². The number of rotatable bonds is 5. The summed E-state index contributed by atoms with van der Waals surface area (Å²) in [5.74, 6) is 4.12. The average molecular weight is 281 g/mol. The molecule has 1 aliphatic heterocycles. The van der Waals surface area contributed by atoms with E-state index >= 15 is 0 Å². The SMILES string of the molecule is Cc1nccn1CCCCN=C(N)N1CCSCC1. The number of imidazole rings is 1. The molecule has 6 heteroatoms. The van der Waals surface area contributed by atoms with Crippen LogP contribution < -0.4 is 5.73 Å². The Bertz CT molecular complexity index is 409. The Labute approximate surface area is 119 Å². The third kappa shape index (κ3) is 4.45. The van der Waals surface area contributed by atoms with E-state index in [1.54, 1.807) is 0 Å². The summed E-state index contributed by atoms with van der Waals surface area (Å²) in [4.78, 5) is 10.9. The number of aliphatic imine (C=N–C) groups is 1. The third-order valence-electron chi connectivity index (χ3n) is 3.34. The normalized spacial score (nSPS) is 16.9. The van der Waals surface area contributed by atoms with Crippen LogP contribution in [0.1, 0.15) is 18.7 Å². The van der Waals surface area contributed by atoms with Gasteiger partial charge in [-0.2, -0.15) is 11.8 Å². The van der Waals surface area contributed by atoms with Crippen molar-refractivity contribution in [3.63, 3.8) is 0 Å². The largest absolute Gasteiger partial charge is 0.370 e. The highest BCUT2D eigenvalue weighted by atomic mass is 32.2. The highest BCUT2D eigenvalue weighted by Crippen LogP contribution is 2.08. The van der Waals surface area contributed by atoms with E-state index < -0.39 is 0 Å². The minimum atomic E-state index is 0.721. The van der Waals surface area contributed by atoms with Crippen LogP contribution >= 0.6 is 11.8 Å². The van der Waals surface area contributed by atoms with E-state index in [1.165, 1.54) is 0 Å². The lowest BCUT2D eigenvalue weighted by Crippen LogP contribution is -2.42. The quantitative estimate of drug-likeness (QED) is 0.502. The molecule has 1 aromatic heterocycles. The van der Waals surface area contributed by atoms with Gasteiger partial charge in [-0.25, -0.2) is 4.98 Å². The van der Waals surface area contributed by atoms with E-state index in [0.29, 0.717) is 0 Å². The van der Waals surface area contributed by atoms with Crippen molar-refractivity contribution in [3.05, 3.63) is 18.2 Å². The number of aromatic nitrogens is 2. The molecule has 2 rings (SSSR count). The molecular weight excluding hydrogens is 258 g/mol. The smallest absolute Gasteiger partial charge is 0.191 e. The summed E-state index contributed by atoms with van der Waals surface area (Å²) in [6.45, 7) is 5.94. The van der Waals surface area contributed by atoms with Gasteiger partial charge in [-0.05, 0) is 19.8 Å². The van der Waals surface area contributed by atoms with Gasteiger partial charge in [0.15, 0.2) is 5.96 Å². The van der Waals surface area contributed by atoms with Gasteiger partial charge in [0, 0.05) is 50.1 Å². The summed E-state index contributed by atoms with van der Waals surface area (Å²) in [5, 5.41) is 0. The van der Waals surface area contributed by atoms with Crippen LogP contribution in [0.15, 0.2) is 17.4 Å². The second-order valence-corrected chi connectivity index (χ2v) is 5.94. The molecule has 0 bridgehead atoms. The lowest BCUT2D eigenvalue weighted by atomic mass is 10.3. The maximum Gasteiger partial charge on any atom is 0.191 e. The van der Waals surface area contributed by atoms with Crippen molar-refractivity contribution in [2.75, 3.05) is 31.1 Å². The maximum atomic E-state index is 6.00. The van der Waals surface area contributed by atoms with Gasteiger partial charge in [0.1, 0.15) is 5.82 Å². The van der Waals surface area contributed by atoms with Crippen LogP contribution in [0.3, 0.4) is 0 Å². The minimum Gasteiger partial charge on any atom is -0.370 e. The molecule has 0 atom stereocenters. The number of nitrogens with two attached hydrogens (primary N) is 1. The van der Waals surface area contributed by atoms with Crippen LogP contribution in [0, 0.1) is 6.92 Å². The van der Waals surface area contributed by atoms with Crippen molar-refractivity contribution < 1.29 is 0 Å². The Kier molecular flexibility index (Phi) is 5.57. The molecule has 2 heterocycles. The number of guanidine groups is 1. The van der Waals surface area contributed by atoms with Crippen LogP contribution in [0.2, 0.25) is 0 Å². The maximum absolute atomic E-state index is 6.00. The Hall–Kier alpha value is -1.17. The fraction of sp³-hybridized carbons (Fsp3) is 0.692. The van der Waals surface area contributed by atoms with Crippen LogP contribution in [0.4, 0.5) is 0 Å².